The molecule has 2 heterocycles. The average Bonchev–Trinajstić information content (AvgIpc) is 3.37. The van der Waals surface area contributed by atoms with Crippen molar-refractivity contribution in [3.8, 4) is 11.4 Å². The molecule has 0 saturated carbocycles. The van der Waals surface area contributed by atoms with E-state index in [9.17, 15) is 4.79 Å². The van der Waals surface area contributed by atoms with E-state index in [2.05, 4.69) is 44.9 Å². The number of aromatic nitrogens is 4. The number of urea groups is 1. The van der Waals surface area contributed by atoms with Crippen LogP contribution in [0.1, 0.15) is 39.5 Å². The van der Waals surface area contributed by atoms with Gasteiger partial charge in [-0.25, -0.2) is 9.48 Å². The molecule has 0 spiro atoms. The summed E-state index contributed by atoms with van der Waals surface area (Å²) in [6.45, 7) is 7.43. The topological polar surface area (TPSA) is 88.0 Å². The molecule has 1 atom stereocenters. The molecule has 1 aliphatic rings. The van der Waals surface area contributed by atoms with Gasteiger partial charge in [-0.3, -0.25) is 4.90 Å². The molecule has 2 aromatic rings. The molecule has 2 N–H and O–H groups in total. The molecule has 0 bridgehead atoms. The molecule has 2 amide bonds. The van der Waals surface area contributed by atoms with E-state index in [4.69, 9.17) is 0 Å². The Hall–Kier alpha value is -2.48. The summed E-state index contributed by atoms with van der Waals surface area (Å²) in [4.78, 5) is 15.1. The van der Waals surface area contributed by atoms with E-state index in [1.54, 1.807) is 11.7 Å². The fourth-order valence-corrected chi connectivity index (χ4v) is 4.08. The number of carbonyl (C=O) groups is 1. The van der Waals surface area contributed by atoms with Crippen LogP contribution < -0.4 is 10.6 Å². The number of benzene rings is 1. The Morgan fingerprint density at radius 3 is 2.61 bits per heavy atom. The second kappa shape index (κ2) is 9.64. The third-order valence-corrected chi connectivity index (χ3v) is 5.67. The second-order valence-electron chi connectivity index (χ2n) is 7.43. The van der Waals surface area contributed by atoms with Crippen LogP contribution in [0.25, 0.3) is 11.4 Å². The molecule has 152 valence electrons. The van der Waals surface area contributed by atoms with Crippen molar-refractivity contribution in [3.05, 3.63) is 24.3 Å². The van der Waals surface area contributed by atoms with Gasteiger partial charge in [0.1, 0.15) is 0 Å². The second-order valence-corrected chi connectivity index (χ2v) is 7.43. The lowest BCUT2D eigenvalue weighted by Gasteiger charge is -2.33. The Kier molecular flexibility index (Phi) is 6.97. The number of likely N-dealkylation sites (tertiary alicyclic amines) is 1. The van der Waals surface area contributed by atoms with Crippen LogP contribution in [0.2, 0.25) is 0 Å². The van der Waals surface area contributed by atoms with Crippen LogP contribution in [0.3, 0.4) is 0 Å². The smallest absolute Gasteiger partial charge is 0.319 e. The maximum Gasteiger partial charge on any atom is 0.319 e. The molecular formula is C20H31N7O. The van der Waals surface area contributed by atoms with Crippen LogP contribution >= 0.6 is 0 Å². The minimum Gasteiger partial charge on any atom is -0.336 e. The largest absolute Gasteiger partial charge is 0.336 e. The first-order chi connectivity index (χ1) is 13.6. The number of nitrogens with zero attached hydrogens (tertiary/aromatic N) is 5. The molecule has 1 saturated heterocycles. The van der Waals surface area contributed by atoms with Gasteiger partial charge in [-0.15, -0.1) is 5.10 Å². The van der Waals surface area contributed by atoms with Crippen LogP contribution in [-0.2, 0) is 7.05 Å². The first-order valence-electron chi connectivity index (χ1n) is 10.2. The van der Waals surface area contributed by atoms with Crippen LogP contribution in [-0.4, -0.2) is 56.8 Å². The summed E-state index contributed by atoms with van der Waals surface area (Å²) in [5.74, 6) is 1.26. The molecule has 1 aromatic heterocycles. The van der Waals surface area contributed by atoms with Gasteiger partial charge in [0.05, 0.1) is 0 Å². The lowest BCUT2D eigenvalue weighted by Crippen LogP contribution is -2.47. The van der Waals surface area contributed by atoms with Gasteiger partial charge in [-0.2, -0.15) is 0 Å². The molecule has 0 unspecified atom stereocenters. The van der Waals surface area contributed by atoms with E-state index in [-0.39, 0.29) is 6.03 Å². The van der Waals surface area contributed by atoms with E-state index < -0.39 is 0 Å². The van der Waals surface area contributed by atoms with E-state index in [1.165, 1.54) is 12.8 Å². The maximum absolute atomic E-state index is 12.5. The average molecular weight is 386 g/mol. The predicted molar refractivity (Wildman–Crippen MR) is 110 cm³/mol. The van der Waals surface area contributed by atoms with Crippen molar-refractivity contribution in [2.75, 3.05) is 25.0 Å². The van der Waals surface area contributed by atoms with Crippen molar-refractivity contribution in [1.29, 1.82) is 0 Å². The van der Waals surface area contributed by atoms with Gasteiger partial charge < -0.3 is 10.6 Å². The van der Waals surface area contributed by atoms with Gasteiger partial charge in [-0.05, 0) is 54.4 Å². The van der Waals surface area contributed by atoms with Crippen LogP contribution in [0, 0.1) is 5.92 Å². The quantitative estimate of drug-likeness (QED) is 0.729. The molecule has 3 rings (SSSR count). The standard InChI is InChI=1S/C20H31N7O/c1-4-15(5-2)18(27-11-6-7-12-27)14-21-20(28)22-17-10-8-9-16(13-17)19-23-24-25-26(19)3/h8-10,13,15,18H,4-7,11-12,14H2,1-3H3,(H2,21,22,28)/t18-/m1/s1. The number of anilines is 1. The third-order valence-electron chi connectivity index (χ3n) is 5.67. The third kappa shape index (κ3) is 4.86. The van der Waals surface area contributed by atoms with Gasteiger partial charge in [0.15, 0.2) is 5.82 Å². The summed E-state index contributed by atoms with van der Waals surface area (Å²) in [7, 11) is 1.79. The fraction of sp³-hybridized carbons (Fsp3) is 0.600. The van der Waals surface area contributed by atoms with Crippen LogP contribution in [0.4, 0.5) is 10.5 Å². The van der Waals surface area contributed by atoms with Crippen molar-refractivity contribution >= 4 is 11.7 Å². The van der Waals surface area contributed by atoms with Crippen molar-refractivity contribution in [3.63, 3.8) is 0 Å². The highest BCUT2D eigenvalue weighted by Gasteiger charge is 2.27. The first-order valence-corrected chi connectivity index (χ1v) is 10.2. The normalized spacial score (nSPS) is 15.7. The predicted octanol–water partition coefficient (Wildman–Crippen LogP) is 2.90. The Morgan fingerprint density at radius 2 is 1.96 bits per heavy atom. The molecule has 1 aromatic carbocycles. The van der Waals surface area contributed by atoms with E-state index in [0.717, 1.165) is 37.2 Å². The minimum atomic E-state index is -0.177. The molecule has 0 radical (unpaired) electrons. The molecule has 28 heavy (non-hydrogen) atoms. The Bertz CT molecular complexity index is 763. The summed E-state index contributed by atoms with van der Waals surface area (Å²) in [6.07, 6.45) is 4.78. The number of amides is 2. The number of aryl methyl sites for hydroxylation is 1. The fourth-order valence-electron chi connectivity index (χ4n) is 4.08. The summed E-state index contributed by atoms with van der Waals surface area (Å²) in [6, 6.07) is 7.78. The summed E-state index contributed by atoms with van der Waals surface area (Å²) < 4.78 is 1.61. The number of nitrogens with one attached hydrogen (secondary N) is 2. The zero-order chi connectivity index (χ0) is 19.9. The molecular weight excluding hydrogens is 354 g/mol. The zero-order valence-corrected chi connectivity index (χ0v) is 17.1. The number of tetrazole rings is 1. The molecule has 1 fully saturated rings. The lowest BCUT2D eigenvalue weighted by atomic mass is 9.93. The van der Waals surface area contributed by atoms with Crippen molar-refractivity contribution in [2.45, 2.75) is 45.6 Å². The van der Waals surface area contributed by atoms with Crippen LogP contribution in [0.5, 0.6) is 0 Å². The summed E-state index contributed by atoms with van der Waals surface area (Å²) in [5, 5.41) is 17.6. The Morgan fingerprint density at radius 1 is 1.21 bits per heavy atom. The molecule has 0 aliphatic carbocycles. The first kappa shape index (κ1) is 20.3. The number of hydrogen-bond acceptors (Lipinski definition) is 5. The minimum absolute atomic E-state index is 0.177. The van der Waals surface area contributed by atoms with E-state index >= 15 is 0 Å². The SMILES string of the molecule is CCC(CC)[C@@H](CNC(=O)Nc1cccc(-c2nnnn2C)c1)N1CCCC1. The van der Waals surface area contributed by atoms with Gasteiger partial charge in [0, 0.05) is 30.9 Å². The van der Waals surface area contributed by atoms with Crippen LogP contribution in [0.15, 0.2) is 24.3 Å². The highest BCUT2D eigenvalue weighted by atomic mass is 16.2. The lowest BCUT2D eigenvalue weighted by molar-refractivity contribution is 0.163. The van der Waals surface area contributed by atoms with Gasteiger partial charge in [0.25, 0.3) is 0 Å². The highest BCUT2D eigenvalue weighted by Crippen LogP contribution is 2.23. The summed E-state index contributed by atoms with van der Waals surface area (Å²) >= 11 is 0. The molecule has 8 nitrogen and oxygen atoms in total. The van der Waals surface area contributed by atoms with Gasteiger partial charge in [0.2, 0.25) is 0 Å². The van der Waals surface area contributed by atoms with Gasteiger partial charge in [-0.1, -0.05) is 38.8 Å². The monoisotopic (exact) mass is 385 g/mol. The molecule has 8 heteroatoms. The Labute approximate surface area is 166 Å². The van der Waals surface area contributed by atoms with Gasteiger partial charge >= 0.3 is 6.03 Å². The highest BCUT2D eigenvalue weighted by molar-refractivity contribution is 5.89. The zero-order valence-electron chi connectivity index (χ0n) is 17.1. The van der Waals surface area contributed by atoms with Crippen molar-refractivity contribution in [1.82, 2.24) is 30.4 Å². The van der Waals surface area contributed by atoms with E-state index in [0.29, 0.717) is 24.3 Å². The number of rotatable bonds is 8. The Balaban J connectivity index is 1.61. The molecule has 1 aliphatic heterocycles. The van der Waals surface area contributed by atoms with E-state index in [1.807, 2.05) is 24.3 Å². The number of hydrogen-bond donors (Lipinski definition) is 2. The van der Waals surface area contributed by atoms with Crippen molar-refractivity contribution < 1.29 is 4.79 Å². The maximum atomic E-state index is 12.5. The number of carbonyl (C=O) groups excluding carboxylic acids is 1. The van der Waals surface area contributed by atoms with Crippen molar-refractivity contribution in [2.24, 2.45) is 13.0 Å². The summed E-state index contributed by atoms with van der Waals surface area (Å²) in [5.41, 5.74) is 1.58.